The lowest BCUT2D eigenvalue weighted by atomic mass is 10.1. The molecule has 0 saturated heterocycles. The fraction of sp³-hybridized carbons (Fsp3) is 0.150. The van der Waals surface area contributed by atoms with Crippen LogP contribution in [-0.4, -0.2) is 17.0 Å². The molecule has 0 aliphatic rings. The standard InChI is InChI=1S/C20H20N2O/c1-16-9-10-18(15-19(16)22-13-5-6-14-22)20(23)21-12-11-17-7-3-2-4-8-17/h2-10,13-15H,11-12H2,1H3,(H,21,23). The van der Waals surface area contributed by atoms with Crippen LogP contribution in [0.4, 0.5) is 0 Å². The van der Waals surface area contributed by atoms with Gasteiger partial charge in [0.2, 0.25) is 0 Å². The van der Waals surface area contributed by atoms with Crippen LogP contribution < -0.4 is 5.32 Å². The van der Waals surface area contributed by atoms with E-state index < -0.39 is 0 Å². The monoisotopic (exact) mass is 304 g/mol. The van der Waals surface area contributed by atoms with Crippen molar-refractivity contribution in [3.8, 4) is 5.69 Å². The number of nitrogens with one attached hydrogen (secondary N) is 1. The van der Waals surface area contributed by atoms with Crippen LogP contribution in [0, 0.1) is 6.92 Å². The highest BCUT2D eigenvalue weighted by Gasteiger charge is 2.08. The summed E-state index contributed by atoms with van der Waals surface area (Å²) in [6, 6.07) is 19.9. The highest BCUT2D eigenvalue weighted by molar-refractivity contribution is 5.94. The van der Waals surface area contributed by atoms with E-state index in [0.717, 1.165) is 17.7 Å². The molecule has 0 aliphatic carbocycles. The zero-order valence-electron chi connectivity index (χ0n) is 13.2. The molecule has 0 spiro atoms. The summed E-state index contributed by atoms with van der Waals surface area (Å²) < 4.78 is 2.02. The number of benzene rings is 2. The van der Waals surface area contributed by atoms with Crippen molar-refractivity contribution in [3.63, 3.8) is 0 Å². The smallest absolute Gasteiger partial charge is 0.251 e. The Morgan fingerprint density at radius 2 is 1.74 bits per heavy atom. The molecule has 0 fully saturated rings. The predicted octanol–water partition coefficient (Wildman–Crippen LogP) is 3.76. The lowest BCUT2D eigenvalue weighted by Gasteiger charge is -2.10. The number of aromatic nitrogens is 1. The van der Waals surface area contributed by atoms with Gasteiger partial charge in [-0.25, -0.2) is 0 Å². The number of carbonyl (C=O) groups excluding carboxylic acids is 1. The number of rotatable bonds is 5. The molecule has 1 aromatic heterocycles. The first-order valence-corrected chi connectivity index (χ1v) is 7.80. The molecule has 3 heteroatoms. The molecule has 0 atom stereocenters. The summed E-state index contributed by atoms with van der Waals surface area (Å²) in [5.74, 6) is -0.0330. The molecule has 23 heavy (non-hydrogen) atoms. The van der Waals surface area contributed by atoms with E-state index in [2.05, 4.69) is 17.4 Å². The summed E-state index contributed by atoms with van der Waals surface area (Å²) in [6.45, 7) is 2.68. The van der Waals surface area contributed by atoms with E-state index in [1.165, 1.54) is 5.56 Å². The Bertz CT molecular complexity index is 777. The molecule has 0 unspecified atom stereocenters. The zero-order valence-corrected chi connectivity index (χ0v) is 13.2. The minimum atomic E-state index is -0.0330. The van der Waals surface area contributed by atoms with E-state index in [1.807, 2.05) is 72.4 Å². The van der Waals surface area contributed by atoms with Gasteiger partial charge in [0.25, 0.3) is 5.91 Å². The highest BCUT2D eigenvalue weighted by Crippen LogP contribution is 2.16. The molecule has 0 bridgehead atoms. The van der Waals surface area contributed by atoms with E-state index in [9.17, 15) is 4.79 Å². The number of nitrogens with zero attached hydrogens (tertiary/aromatic N) is 1. The average molecular weight is 304 g/mol. The average Bonchev–Trinajstić information content (AvgIpc) is 3.10. The third kappa shape index (κ3) is 3.69. The molecule has 0 radical (unpaired) electrons. The predicted molar refractivity (Wildman–Crippen MR) is 93.0 cm³/mol. The second kappa shape index (κ2) is 6.97. The van der Waals surface area contributed by atoms with Gasteiger partial charge >= 0.3 is 0 Å². The summed E-state index contributed by atoms with van der Waals surface area (Å²) in [7, 11) is 0. The van der Waals surface area contributed by atoms with E-state index in [0.29, 0.717) is 12.1 Å². The maximum atomic E-state index is 12.3. The van der Waals surface area contributed by atoms with E-state index in [-0.39, 0.29) is 5.91 Å². The van der Waals surface area contributed by atoms with Crippen molar-refractivity contribution in [2.24, 2.45) is 0 Å². The van der Waals surface area contributed by atoms with E-state index >= 15 is 0 Å². The van der Waals surface area contributed by atoms with Crippen LogP contribution in [0.1, 0.15) is 21.5 Å². The Morgan fingerprint density at radius 1 is 1.00 bits per heavy atom. The van der Waals surface area contributed by atoms with Crippen molar-refractivity contribution in [2.45, 2.75) is 13.3 Å². The molecule has 2 aromatic carbocycles. The first-order chi connectivity index (χ1) is 11.2. The van der Waals surface area contributed by atoms with Gasteiger partial charge in [0, 0.05) is 30.2 Å². The van der Waals surface area contributed by atoms with Crippen LogP contribution in [0.15, 0.2) is 73.1 Å². The molecular formula is C20H20N2O. The van der Waals surface area contributed by atoms with Gasteiger partial charge in [-0.3, -0.25) is 4.79 Å². The normalized spacial score (nSPS) is 10.5. The number of aryl methyl sites for hydroxylation is 1. The first kappa shape index (κ1) is 15.1. The topological polar surface area (TPSA) is 34.0 Å². The minimum absolute atomic E-state index is 0.0330. The molecule has 0 aliphatic heterocycles. The van der Waals surface area contributed by atoms with Crippen LogP contribution in [0.25, 0.3) is 5.69 Å². The Labute approximate surface area is 136 Å². The molecule has 1 heterocycles. The number of hydrogen-bond donors (Lipinski definition) is 1. The van der Waals surface area contributed by atoms with Crippen molar-refractivity contribution in [2.75, 3.05) is 6.54 Å². The second-order valence-corrected chi connectivity index (χ2v) is 5.58. The Balaban J connectivity index is 1.67. The van der Waals surface area contributed by atoms with E-state index in [1.54, 1.807) is 0 Å². The van der Waals surface area contributed by atoms with Gasteiger partial charge in [-0.1, -0.05) is 36.4 Å². The molecule has 1 N–H and O–H groups in total. The SMILES string of the molecule is Cc1ccc(C(=O)NCCc2ccccc2)cc1-n1cccc1. The lowest BCUT2D eigenvalue weighted by molar-refractivity contribution is 0.0954. The van der Waals surface area contributed by atoms with Crippen LogP contribution in [0.2, 0.25) is 0 Å². The maximum absolute atomic E-state index is 12.3. The summed E-state index contributed by atoms with van der Waals surface area (Å²) >= 11 is 0. The number of amides is 1. The fourth-order valence-electron chi connectivity index (χ4n) is 2.59. The van der Waals surface area contributed by atoms with Crippen molar-refractivity contribution in [1.82, 2.24) is 9.88 Å². The number of hydrogen-bond acceptors (Lipinski definition) is 1. The third-order valence-corrected chi connectivity index (χ3v) is 3.90. The van der Waals surface area contributed by atoms with Gasteiger partial charge in [-0.2, -0.15) is 0 Å². The molecule has 3 nitrogen and oxygen atoms in total. The Hall–Kier alpha value is -2.81. The van der Waals surface area contributed by atoms with Gasteiger partial charge in [-0.15, -0.1) is 0 Å². The summed E-state index contributed by atoms with van der Waals surface area (Å²) in [5, 5.41) is 2.99. The first-order valence-electron chi connectivity index (χ1n) is 7.80. The quantitative estimate of drug-likeness (QED) is 0.765. The Kier molecular flexibility index (Phi) is 4.57. The Morgan fingerprint density at radius 3 is 2.48 bits per heavy atom. The molecule has 1 amide bonds. The van der Waals surface area contributed by atoms with Crippen molar-refractivity contribution >= 4 is 5.91 Å². The summed E-state index contributed by atoms with van der Waals surface area (Å²) in [4.78, 5) is 12.3. The molecule has 116 valence electrons. The van der Waals surface area contributed by atoms with Crippen LogP contribution in [0.3, 0.4) is 0 Å². The number of carbonyl (C=O) groups is 1. The van der Waals surface area contributed by atoms with Crippen molar-refractivity contribution in [1.29, 1.82) is 0 Å². The van der Waals surface area contributed by atoms with Crippen LogP contribution in [0.5, 0.6) is 0 Å². The van der Waals surface area contributed by atoms with Crippen molar-refractivity contribution in [3.05, 3.63) is 89.7 Å². The van der Waals surface area contributed by atoms with Gasteiger partial charge in [0.05, 0.1) is 0 Å². The lowest BCUT2D eigenvalue weighted by Crippen LogP contribution is -2.25. The molecule has 0 saturated carbocycles. The van der Waals surface area contributed by atoms with Crippen LogP contribution in [-0.2, 0) is 6.42 Å². The third-order valence-electron chi connectivity index (χ3n) is 3.90. The summed E-state index contributed by atoms with van der Waals surface area (Å²) in [6.07, 6.45) is 4.81. The van der Waals surface area contributed by atoms with Gasteiger partial charge < -0.3 is 9.88 Å². The van der Waals surface area contributed by atoms with Crippen molar-refractivity contribution < 1.29 is 4.79 Å². The molecular weight excluding hydrogens is 284 g/mol. The summed E-state index contributed by atoms with van der Waals surface area (Å²) in [5.41, 5.74) is 4.09. The van der Waals surface area contributed by atoms with Gasteiger partial charge in [0.15, 0.2) is 0 Å². The highest BCUT2D eigenvalue weighted by atomic mass is 16.1. The maximum Gasteiger partial charge on any atom is 0.251 e. The van der Waals surface area contributed by atoms with Gasteiger partial charge in [-0.05, 0) is 48.7 Å². The minimum Gasteiger partial charge on any atom is -0.352 e. The van der Waals surface area contributed by atoms with Crippen LogP contribution >= 0.6 is 0 Å². The zero-order chi connectivity index (χ0) is 16.1. The van der Waals surface area contributed by atoms with Gasteiger partial charge in [0.1, 0.15) is 0 Å². The largest absolute Gasteiger partial charge is 0.352 e. The molecule has 3 rings (SSSR count). The fourth-order valence-corrected chi connectivity index (χ4v) is 2.59. The second-order valence-electron chi connectivity index (χ2n) is 5.58. The molecule has 3 aromatic rings. The van der Waals surface area contributed by atoms with E-state index in [4.69, 9.17) is 0 Å².